The summed E-state index contributed by atoms with van der Waals surface area (Å²) < 4.78 is 5.44. The van der Waals surface area contributed by atoms with Crippen molar-refractivity contribution in [3.63, 3.8) is 0 Å². The van der Waals surface area contributed by atoms with Gasteiger partial charge in [0.2, 0.25) is 0 Å². The molecule has 6 nitrogen and oxygen atoms in total. The molecule has 176 valence electrons. The zero-order chi connectivity index (χ0) is 24.0. The van der Waals surface area contributed by atoms with Crippen LogP contribution < -0.4 is 10.0 Å². The number of benzene rings is 2. The molecule has 4 aromatic rings. The van der Waals surface area contributed by atoms with Gasteiger partial charge in [0.1, 0.15) is 5.65 Å². The van der Waals surface area contributed by atoms with Crippen molar-refractivity contribution in [2.75, 3.05) is 11.3 Å². The molecule has 0 fully saturated rings. The fourth-order valence-electron chi connectivity index (χ4n) is 3.73. The Bertz CT molecular complexity index is 1240. The summed E-state index contributed by atoms with van der Waals surface area (Å²) >= 11 is 1.55. The van der Waals surface area contributed by atoms with E-state index >= 15 is 0 Å². The summed E-state index contributed by atoms with van der Waals surface area (Å²) in [7, 11) is 0. The van der Waals surface area contributed by atoms with E-state index in [2.05, 4.69) is 45.6 Å². The molecule has 4 rings (SSSR count). The van der Waals surface area contributed by atoms with E-state index < -0.39 is 6.10 Å². The molecule has 0 spiro atoms. The lowest BCUT2D eigenvalue weighted by Gasteiger charge is -2.28. The Balaban J connectivity index is 1.30. The van der Waals surface area contributed by atoms with Gasteiger partial charge in [0, 0.05) is 52.6 Å². The molecule has 0 saturated carbocycles. The van der Waals surface area contributed by atoms with Crippen molar-refractivity contribution in [2.45, 2.75) is 43.4 Å². The monoisotopic (exact) mass is 474 g/mol. The topological polar surface area (TPSA) is 79.2 Å². The number of aryl methyl sites for hydroxylation is 1. The van der Waals surface area contributed by atoms with Crippen LogP contribution in [-0.2, 0) is 6.54 Å². The SMILES string of the molecule is CC(C)(CCn1ccc2cc(C=O)cnc21)NCC(O)c1cccc(NSc2ccccc2)c1. The lowest BCUT2D eigenvalue weighted by molar-refractivity contribution is 0.112. The van der Waals surface area contributed by atoms with Gasteiger partial charge in [0.25, 0.3) is 0 Å². The van der Waals surface area contributed by atoms with Crippen LogP contribution >= 0.6 is 11.9 Å². The summed E-state index contributed by atoms with van der Waals surface area (Å²) in [5.41, 5.74) is 3.10. The van der Waals surface area contributed by atoms with E-state index in [1.54, 1.807) is 18.1 Å². The molecule has 0 bridgehead atoms. The zero-order valence-electron chi connectivity index (χ0n) is 19.4. The van der Waals surface area contributed by atoms with Crippen molar-refractivity contribution in [1.29, 1.82) is 0 Å². The predicted molar refractivity (Wildman–Crippen MR) is 139 cm³/mol. The molecule has 2 aromatic heterocycles. The van der Waals surface area contributed by atoms with Gasteiger partial charge in [-0.1, -0.05) is 30.3 Å². The summed E-state index contributed by atoms with van der Waals surface area (Å²) in [4.78, 5) is 16.5. The molecule has 0 aliphatic rings. The van der Waals surface area contributed by atoms with Crippen molar-refractivity contribution < 1.29 is 9.90 Å². The second-order valence-corrected chi connectivity index (χ2v) is 9.86. The maximum absolute atomic E-state index is 11.0. The van der Waals surface area contributed by atoms with E-state index in [0.717, 1.165) is 46.4 Å². The molecule has 1 atom stereocenters. The van der Waals surface area contributed by atoms with Gasteiger partial charge in [-0.3, -0.25) is 4.79 Å². The number of β-amino-alcohol motifs (C(OH)–C–C–N with tert-alkyl or cyclic N) is 1. The Hall–Kier alpha value is -3.13. The van der Waals surface area contributed by atoms with Crippen LogP contribution in [-0.4, -0.2) is 33.0 Å². The quantitative estimate of drug-likeness (QED) is 0.198. The number of carbonyl (C=O) groups excluding carboxylic acids is 1. The molecule has 34 heavy (non-hydrogen) atoms. The third kappa shape index (κ3) is 6.26. The summed E-state index contributed by atoms with van der Waals surface area (Å²) in [6, 6.07) is 21.8. The van der Waals surface area contributed by atoms with Crippen LogP contribution in [0.1, 0.15) is 42.3 Å². The molecular weight excluding hydrogens is 444 g/mol. The minimum absolute atomic E-state index is 0.181. The van der Waals surface area contributed by atoms with Crippen LogP contribution in [0, 0.1) is 0 Å². The number of pyridine rings is 1. The summed E-state index contributed by atoms with van der Waals surface area (Å²) in [6.45, 7) is 5.51. The average molecular weight is 475 g/mol. The first kappa shape index (κ1) is 24.0. The summed E-state index contributed by atoms with van der Waals surface area (Å²) in [5.74, 6) is 0. The smallest absolute Gasteiger partial charge is 0.151 e. The maximum Gasteiger partial charge on any atom is 0.151 e. The van der Waals surface area contributed by atoms with Crippen LogP contribution in [0.25, 0.3) is 11.0 Å². The van der Waals surface area contributed by atoms with Gasteiger partial charge in [-0.2, -0.15) is 0 Å². The molecule has 2 aromatic carbocycles. The number of carbonyl (C=O) groups is 1. The molecule has 0 saturated heterocycles. The highest BCUT2D eigenvalue weighted by Crippen LogP contribution is 2.24. The number of aliphatic hydroxyl groups is 1. The van der Waals surface area contributed by atoms with E-state index in [0.29, 0.717) is 12.1 Å². The molecular formula is C27H30N4O2S. The van der Waals surface area contributed by atoms with Crippen LogP contribution in [0.2, 0.25) is 0 Å². The van der Waals surface area contributed by atoms with Crippen LogP contribution in [0.4, 0.5) is 5.69 Å². The van der Waals surface area contributed by atoms with Crippen molar-refractivity contribution in [1.82, 2.24) is 14.9 Å². The largest absolute Gasteiger partial charge is 0.387 e. The normalized spacial score (nSPS) is 12.6. The highest BCUT2D eigenvalue weighted by atomic mass is 32.2. The highest BCUT2D eigenvalue weighted by Gasteiger charge is 2.20. The first-order valence-electron chi connectivity index (χ1n) is 11.3. The maximum atomic E-state index is 11.0. The number of nitrogens with zero attached hydrogens (tertiary/aromatic N) is 2. The number of aliphatic hydroxyl groups excluding tert-OH is 1. The van der Waals surface area contributed by atoms with Crippen molar-refractivity contribution in [2.24, 2.45) is 0 Å². The first-order chi connectivity index (χ1) is 16.4. The Morgan fingerprint density at radius 2 is 1.94 bits per heavy atom. The molecule has 0 aliphatic heterocycles. The van der Waals surface area contributed by atoms with Gasteiger partial charge in [0.15, 0.2) is 6.29 Å². The molecule has 2 heterocycles. The van der Waals surface area contributed by atoms with Crippen LogP contribution in [0.15, 0.2) is 84.0 Å². The van der Waals surface area contributed by atoms with Gasteiger partial charge >= 0.3 is 0 Å². The lowest BCUT2D eigenvalue weighted by atomic mass is 9.99. The first-order valence-corrected chi connectivity index (χ1v) is 12.2. The molecule has 0 radical (unpaired) electrons. The van der Waals surface area contributed by atoms with Gasteiger partial charge in [-0.25, -0.2) is 4.98 Å². The van der Waals surface area contributed by atoms with E-state index in [1.165, 1.54) is 0 Å². The summed E-state index contributed by atoms with van der Waals surface area (Å²) in [5, 5.41) is 15.3. The number of hydrogen-bond donors (Lipinski definition) is 3. The second kappa shape index (κ2) is 10.9. The van der Waals surface area contributed by atoms with E-state index in [1.807, 2.05) is 60.8 Å². The third-order valence-corrected chi connectivity index (χ3v) is 6.66. The number of nitrogens with one attached hydrogen (secondary N) is 2. The second-order valence-electron chi connectivity index (χ2n) is 8.98. The van der Waals surface area contributed by atoms with E-state index in [9.17, 15) is 9.90 Å². The number of anilines is 1. The minimum Gasteiger partial charge on any atom is -0.387 e. The number of hydrogen-bond acceptors (Lipinski definition) is 6. The Morgan fingerprint density at radius 3 is 2.74 bits per heavy atom. The van der Waals surface area contributed by atoms with Crippen LogP contribution in [0.5, 0.6) is 0 Å². The molecule has 1 unspecified atom stereocenters. The molecule has 0 amide bonds. The van der Waals surface area contributed by atoms with Crippen molar-refractivity contribution in [3.05, 3.63) is 90.3 Å². The lowest BCUT2D eigenvalue weighted by Crippen LogP contribution is -2.42. The standard InChI is InChI=1S/C27H30N4O2S/c1-27(2,12-14-31-13-11-22-15-20(19-32)17-28-26(22)31)29-18-25(33)21-7-6-8-23(16-21)30-34-24-9-4-3-5-10-24/h3-11,13,15-17,19,25,29-30,33H,12,14,18H2,1-2H3. The Morgan fingerprint density at radius 1 is 1.12 bits per heavy atom. The average Bonchev–Trinajstić information content (AvgIpc) is 3.28. The summed E-state index contributed by atoms with van der Waals surface area (Å²) in [6.07, 6.45) is 4.67. The van der Waals surface area contributed by atoms with Crippen molar-refractivity contribution >= 4 is 35.0 Å². The van der Waals surface area contributed by atoms with Gasteiger partial charge < -0.3 is 19.7 Å². The molecule has 7 heteroatoms. The fourth-order valence-corrected chi connectivity index (χ4v) is 4.39. The number of rotatable bonds is 11. The van der Waals surface area contributed by atoms with Gasteiger partial charge in [-0.05, 0) is 74.2 Å². The third-order valence-electron chi connectivity index (χ3n) is 5.81. The Labute approximate surface area is 204 Å². The fraction of sp³-hybridized carbons (Fsp3) is 0.259. The minimum atomic E-state index is -0.612. The van der Waals surface area contributed by atoms with E-state index in [-0.39, 0.29) is 5.54 Å². The number of fused-ring (bicyclic) bond motifs is 1. The van der Waals surface area contributed by atoms with E-state index in [4.69, 9.17) is 0 Å². The molecule has 3 N–H and O–H groups in total. The predicted octanol–water partition coefficient (Wildman–Crippen LogP) is 5.46. The highest BCUT2D eigenvalue weighted by molar-refractivity contribution is 8.00. The van der Waals surface area contributed by atoms with Gasteiger partial charge in [0.05, 0.1) is 6.10 Å². The Kier molecular flexibility index (Phi) is 7.67. The number of aldehydes is 1. The molecule has 0 aliphatic carbocycles. The van der Waals surface area contributed by atoms with Crippen LogP contribution in [0.3, 0.4) is 0 Å². The van der Waals surface area contributed by atoms with Crippen molar-refractivity contribution in [3.8, 4) is 0 Å². The zero-order valence-corrected chi connectivity index (χ0v) is 20.3. The van der Waals surface area contributed by atoms with Gasteiger partial charge in [-0.15, -0.1) is 0 Å². The number of aromatic nitrogens is 2.